The Hall–Kier alpha value is -2.97. The zero-order chi connectivity index (χ0) is 26.5. The first-order valence-electron chi connectivity index (χ1n) is 13.7. The Morgan fingerprint density at radius 2 is 1.66 bits per heavy atom. The summed E-state index contributed by atoms with van der Waals surface area (Å²) in [4.78, 5) is 14.8. The standard InChI is InChI=1S/C29H38ClN5O3/c1-4-38-25-16-20(8-9-23(25)30)19-34-14-10-21(11-15-34)31-29-32-24-18-27(37-3)26(36-2)17-22(24)28(33-29)35-12-6-5-7-13-35/h8-9,16-18,21H,4-7,10-15,19H2,1-3H3,(H,31,32,33). The molecule has 0 unspecified atom stereocenters. The number of aromatic nitrogens is 2. The molecule has 1 aromatic heterocycles. The first-order valence-corrected chi connectivity index (χ1v) is 14.0. The van der Waals surface area contributed by atoms with Crippen LogP contribution in [0, 0.1) is 0 Å². The van der Waals surface area contributed by atoms with Crippen molar-refractivity contribution in [1.29, 1.82) is 0 Å². The number of hydrogen-bond donors (Lipinski definition) is 1. The Bertz CT molecular complexity index is 1240. The van der Waals surface area contributed by atoms with Gasteiger partial charge < -0.3 is 24.4 Å². The third-order valence-electron chi connectivity index (χ3n) is 7.46. The normalized spacial score (nSPS) is 17.0. The van der Waals surface area contributed by atoms with Crippen molar-refractivity contribution in [3.63, 3.8) is 0 Å². The highest BCUT2D eigenvalue weighted by molar-refractivity contribution is 6.32. The van der Waals surface area contributed by atoms with Gasteiger partial charge in [0.2, 0.25) is 5.95 Å². The van der Waals surface area contributed by atoms with E-state index in [2.05, 4.69) is 27.2 Å². The lowest BCUT2D eigenvalue weighted by Gasteiger charge is -2.33. The number of fused-ring (bicyclic) bond motifs is 1. The summed E-state index contributed by atoms with van der Waals surface area (Å²) in [5, 5.41) is 5.31. The maximum absolute atomic E-state index is 6.27. The molecule has 2 aliphatic rings. The predicted molar refractivity (Wildman–Crippen MR) is 153 cm³/mol. The van der Waals surface area contributed by atoms with Crippen molar-refractivity contribution in [2.45, 2.75) is 51.6 Å². The van der Waals surface area contributed by atoms with Crippen LogP contribution >= 0.6 is 11.6 Å². The fourth-order valence-electron chi connectivity index (χ4n) is 5.44. The van der Waals surface area contributed by atoms with Crippen LogP contribution < -0.4 is 24.4 Å². The van der Waals surface area contributed by atoms with E-state index in [1.807, 2.05) is 25.1 Å². The lowest BCUT2D eigenvalue weighted by Crippen LogP contribution is -2.39. The highest BCUT2D eigenvalue weighted by atomic mass is 35.5. The third kappa shape index (κ3) is 6.02. The molecule has 9 heteroatoms. The smallest absolute Gasteiger partial charge is 0.225 e. The van der Waals surface area contributed by atoms with Gasteiger partial charge in [0.05, 0.1) is 31.4 Å². The fraction of sp³-hybridized carbons (Fsp3) is 0.517. The van der Waals surface area contributed by atoms with Crippen LogP contribution in [0.1, 0.15) is 44.6 Å². The van der Waals surface area contributed by atoms with Crippen LogP contribution in [0.2, 0.25) is 5.02 Å². The molecule has 2 aliphatic heterocycles. The van der Waals surface area contributed by atoms with E-state index < -0.39 is 0 Å². The second-order valence-electron chi connectivity index (χ2n) is 10.0. The minimum absolute atomic E-state index is 0.322. The van der Waals surface area contributed by atoms with Crippen LogP contribution in [0.3, 0.4) is 0 Å². The zero-order valence-electron chi connectivity index (χ0n) is 22.6. The molecule has 1 N–H and O–H groups in total. The molecule has 0 spiro atoms. The summed E-state index contributed by atoms with van der Waals surface area (Å²) in [5.74, 6) is 3.79. The molecular weight excluding hydrogens is 502 g/mol. The van der Waals surface area contributed by atoms with Gasteiger partial charge in [-0.3, -0.25) is 4.90 Å². The summed E-state index contributed by atoms with van der Waals surface area (Å²) in [6, 6.07) is 10.4. The third-order valence-corrected chi connectivity index (χ3v) is 7.77. The first kappa shape index (κ1) is 26.6. The average molecular weight is 540 g/mol. The van der Waals surface area contributed by atoms with Crippen molar-refractivity contribution >= 4 is 34.3 Å². The van der Waals surface area contributed by atoms with E-state index in [0.29, 0.717) is 35.1 Å². The van der Waals surface area contributed by atoms with E-state index in [1.54, 1.807) is 14.2 Å². The molecule has 2 aromatic carbocycles. The lowest BCUT2D eigenvalue weighted by molar-refractivity contribution is 0.210. The van der Waals surface area contributed by atoms with Gasteiger partial charge in [-0.1, -0.05) is 17.7 Å². The summed E-state index contributed by atoms with van der Waals surface area (Å²) in [6.07, 6.45) is 5.68. The monoisotopic (exact) mass is 539 g/mol. The van der Waals surface area contributed by atoms with Crippen LogP contribution in [0.15, 0.2) is 30.3 Å². The number of nitrogens with one attached hydrogen (secondary N) is 1. The van der Waals surface area contributed by atoms with E-state index in [4.69, 9.17) is 35.8 Å². The molecule has 204 valence electrons. The maximum atomic E-state index is 6.27. The average Bonchev–Trinajstić information content (AvgIpc) is 2.95. The van der Waals surface area contributed by atoms with Crippen LogP contribution in [-0.4, -0.2) is 67.9 Å². The van der Waals surface area contributed by atoms with Gasteiger partial charge in [0.1, 0.15) is 11.6 Å². The SMILES string of the molecule is CCOc1cc(CN2CCC(Nc3nc(N4CCCCC4)c4cc(OC)c(OC)cc4n3)CC2)ccc1Cl. The van der Waals surface area contributed by atoms with Gasteiger partial charge in [-0.05, 0) is 62.8 Å². The van der Waals surface area contributed by atoms with Crippen LogP contribution in [0.5, 0.6) is 17.2 Å². The van der Waals surface area contributed by atoms with Gasteiger partial charge in [-0.25, -0.2) is 4.98 Å². The Balaban J connectivity index is 1.30. The largest absolute Gasteiger partial charge is 0.493 e. The number of nitrogens with zero attached hydrogens (tertiary/aromatic N) is 4. The molecule has 5 rings (SSSR count). The van der Waals surface area contributed by atoms with Crippen molar-refractivity contribution in [3.8, 4) is 17.2 Å². The summed E-state index contributed by atoms with van der Waals surface area (Å²) < 4.78 is 16.8. The highest BCUT2D eigenvalue weighted by Crippen LogP contribution is 2.37. The number of ether oxygens (including phenoxy) is 3. The molecule has 2 fully saturated rings. The molecule has 0 atom stereocenters. The number of hydrogen-bond acceptors (Lipinski definition) is 8. The Morgan fingerprint density at radius 1 is 0.921 bits per heavy atom. The predicted octanol–water partition coefficient (Wildman–Crippen LogP) is 5.77. The molecule has 0 aliphatic carbocycles. The van der Waals surface area contributed by atoms with Crippen LogP contribution in [-0.2, 0) is 6.54 Å². The summed E-state index contributed by atoms with van der Waals surface area (Å²) in [6.45, 7) is 7.49. The molecule has 0 radical (unpaired) electrons. The minimum atomic E-state index is 0.322. The van der Waals surface area contributed by atoms with Crippen molar-refractivity contribution in [1.82, 2.24) is 14.9 Å². The summed E-state index contributed by atoms with van der Waals surface area (Å²) in [5.41, 5.74) is 2.09. The van der Waals surface area contributed by atoms with Crippen molar-refractivity contribution < 1.29 is 14.2 Å². The van der Waals surface area contributed by atoms with Crippen LogP contribution in [0.25, 0.3) is 10.9 Å². The molecule has 0 amide bonds. The van der Waals surface area contributed by atoms with Gasteiger partial charge in [-0.15, -0.1) is 0 Å². The number of piperidine rings is 2. The number of rotatable bonds is 9. The number of halogens is 1. The van der Waals surface area contributed by atoms with E-state index in [-0.39, 0.29) is 0 Å². The van der Waals surface area contributed by atoms with Crippen molar-refractivity contribution in [2.75, 3.05) is 57.2 Å². The Labute approximate surface area is 230 Å². The van der Waals surface area contributed by atoms with Gasteiger partial charge in [0.25, 0.3) is 0 Å². The Kier molecular flexibility index (Phi) is 8.59. The lowest BCUT2D eigenvalue weighted by atomic mass is 10.0. The van der Waals surface area contributed by atoms with Gasteiger partial charge >= 0.3 is 0 Å². The quantitative estimate of drug-likeness (QED) is 0.367. The van der Waals surface area contributed by atoms with E-state index >= 15 is 0 Å². The molecular formula is C29H38ClN5O3. The molecule has 3 aromatic rings. The van der Waals surface area contributed by atoms with Gasteiger partial charge in [-0.2, -0.15) is 4.98 Å². The summed E-state index contributed by atoms with van der Waals surface area (Å²) >= 11 is 6.27. The summed E-state index contributed by atoms with van der Waals surface area (Å²) in [7, 11) is 3.32. The second kappa shape index (κ2) is 12.3. The molecule has 3 heterocycles. The molecule has 2 saturated heterocycles. The van der Waals surface area contributed by atoms with Crippen LogP contribution in [0.4, 0.5) is 11.8 Å². The highest BCUT2D eigenvalue weighted by Gasteiger charge is 2.23. The van der Waals surface area contributed by atoms with Crippen molar-refractivity contribution in [2.24, 2.45) is 0 Å². The Morgan fingerprint density at radius 3 is 2.37 bits per heavy atom. The van der Waals surface area contributed by atoms with E-state index in [0.717, 1.165) is 68.0 Å². The number of likely N-dealkylation sites (tertiary alicyclic amines) is 1. The second-order valence-corrected chi connectivity index (χ2v) is 10.4. The van der Waals surface area contributed by atoms with E-state index in [9.17, 15) is 0 Å². The molecule has 0 bridgehead atoms. The topological polar surface area (TPSA) is 72.0 Å². The minimum Gasteiger partial charge on any atom is -0.493 e. The zero-order valence-corrected chi connectivity index (χ0v) is 23.4. The molecule has 38 heavy (non-hydrogen) atoms. The molecule has 0 saturated carbocycles. The first-order chi connectivity index (χ1) is 18.6. The number of methoxy groups -OCH3 is 2. The molecule has 8 nitrogen and oxygen atoms in total. The van der Waals surface area contributed by atoms with Gasteiger partial charge in [0, 0.05) is 50.2 Å². The number of anilines is 2. The fourth-order valence-corrected chi connectivity index (χ4v) is 5.61. The van der Waals surface area contributed by atoms with Crippen molar-refractivity contribution in [3.05, 3.63) is 40.9 Å². The van der Waals surface area contributed by atoms with Gasteiger partial charge in [0.15, 0.2) is 11.5 Å². The van der Waals surface area contributed by atoms with E-state index in [1.165, 1.54) is 24.8 Å². The number of benzene rings is 2. The maximum Gasteiger partial charge on any atom is 0.225 e.